The highest BCUT2D eigenvalue weighted by Crippen LogP contribution is 2.35. The fourth-order valence-electron chi connectivity index (χ4n) is 3.14. The molecule has 4 aromatic rings. The molecular formula is C23H17ClFNO3S2. The molecule has 0 saturated carbocycles. The lowest BCUT2D eigenvalue weighted by atomic mass is 10.0. The van der Waals surface area contributed by atoms with Gasteiger partial charge in [0.25, 0.3) is 0 Å². The molecule has 0 spiro atoms. The molecule has 0 bridgehead atoms. The van der Waals surface area contributed by atoms with Crippen molar-refractivity contribution < 1.29 is 17.5 Å². The van der Waals surface area contributed by atoms with Gasteiger partial charge in [0, 0.05) is 22.8 Å². The number of rotatable bonds is 6. The zero-order valence-electron chi connectivity index (χ0n) is 16.3. The molecule has 4 rings (SSSR count). The van der Waals surface area contributed by atoms with E-state index in [1.165, 1.54) is 17.4 Å². The topological polar surface area (TPSA) is 56.3 Å². The highest BCUT2D eigenvalue weighted by Gasteiger charge is 2.22. The van der Waals surface area contributed by atoms with Gasteiger partial charge in [-0.25, -0.2) is 17.8 Å². The highest BCUT2D eigenvalue weighted by atomic mass is 35.5. The van der Waals surface area contributed by atoms with Gasteiger partial charge in [0.2, 0.25) is 0 Å². The zero-order valence-corrected chi connectivity index (χ0v) is 18.7. The van der Waals surface area contributed by atoms with E-state index in [2.05, 4.69) is 4.98 Å². The van der Waals surface area contributed by atoms with Crippen molar-refractivity contribution in [3.8, 4) is 16.9 Å². The predicted octanol–water partition coefficient (Wildman–Crippen LogP) is 6.17. The molecule has 0 aliphatic heterocycles. The SMILES string of the molecule is CS(=O)(=O)c1ccc(-c2ccc(OC(c3cscn3)c3ccccc3F)cc2Cl)cc1. The van der Waals surface area contributed by atoms with Gasteiger partial charge in [0.1, 0.15) is 11.6 Å². The Bertz CT molecular complexity index is 1310. The summed E-state index contributed by atoms with van der Waals surface area (Å²) in [6.07, 6.45) is 0.443. The quantitative estimate of drug-likeness (QED) is 0.336. The van der Waals surface area contributed by atoms with Gasteiger partial charge in [-0.1, -0.05) is 41.9 Å². The van der Waals surface area contributed by atoms with E-state index in [-0.39, 0.29) is 10.7 Å². The van der Waals surface area contributed by atoms with Crippen LogP contribution in [0.2, 0.25) is 5.02 Å². The Morgan fingerprint density at radius 1 is 1.06 bits per heavy atom. The van der Waals surface area contributed by atoms with Crippen molar-refractivity contribution in [2.45, 2.75) is 11.0 Å². The lowest BCUT2D eigenvalue weighted by molar-refractivity contribution is 0.237. The average molecular weight is 474 g/mol. The Morgan fingerprint density at radius 2 is 1.81 bits per heavy atom. The van der Waals surface area contributed by atoms with Crippen LogP contribution < -0.4 is 4.74 Å². The zero-order chi connectivity index (χ0) is 22.0. The molecule has 4 nitrogen and oxygen atoms in total. The van der Waals surface area contributed by atoms with Crippen LogP contribution in [0.3, 0.4) is 0 Å². The Morgan fingerprint density at radius 3 is 2.42 bits per heavy atom. The number of thiazole rings is 1. The average Bonchev–Trinajstić information content (AvgIpc) is 3.27. The van der Waals surface area contributed by atoms with Gasteiger partial charge in [-0.15, -0.1) is 11.3 Å². The molecule has 1 aromatic heterocycles. The minimum absolute atomic E-state index is 0.239. The largest absolute Gasteiger partial charge is 0.479 e. The molecule has 158 valence electrons. The van der Waals surface area contributed by atoms with E-state index in [9.17, 15) is 12.8 Å². The molecular weight excluding hydrogens is 457 g/mol. The molecule has 1 unspecified atom stereocenters. The van der Waals surface area contributed by atoms with Crippen molar-refractivity contribution >= 4 is 32.8 Å². The number of benzene rings is 3. The van der Waals surface area contributed by atoms with Crippen LogP contribution in [-0.2, 0) is 9.84 Å². The predicted molar refractivity (Wildman–Crippen MR) is 121 cm³/mol. The lowest BCUT2D eigenvalue weighted by Crippen LogP contribution is -2.11. The molecule has 0 fully saturated rings. The Kier molecular flexibility index (Phi) is 6.09. The Hall–Kier alpha value is -2.74. The lowest BCUT2D eigenvalue weighted by Gasteiger charge is -2.19. The molecule has 0 aliphatic carbocycles. The number of ether oxygens (including phenoxy) is 1. The van der Waals surface area contributed by atoms with Crippen molar-refractivity contribution in [1.82, 2.24) is 4.98 Å². The molecule has 8 heteroatoms. The van der Waals surface area contributed by atoms with Gasteiger partial charge in [0.05, 0.1) is 21.1 Å². The van der Waals surface area contributed by atoms with E-state index >= 15 is 0 Å². The second-order valence-corrected chi connectivity index (χ2v) is 10.0. The van der Waals surface area contributed by atoms with Gasteiger partial charge in [-0.05, 0) is 42.0 Å². The first kappa shape index (κ1) is 21.5. The summed E-state index contributed by atoms with van der Waals surface area (Å²) in [5.41, 5.74) is 4.15. The fourth-order valence-corrected chi connectivity index (χ4v) is 4.62. The summed E-state index contributed by atoms with van der Waals surface area (Å²) in [4.78, 5) is 4.53. The van der Waals surface area contributed by atoms with Gasteiger partial charge in [0.15, 0.2) is 15.9 Å². The van der Waals surface area contributed by atoms with Crippen LogP contribution in [0.1, 0.15) is 17.4 Å². The molecule has 0 aliphatic rings. The van der Waals surface area contributed by atoms with Crippen molar-refractivity contribution in [2.24, 2.45) is 0 Å². The van der Waals surface area contributed by atoms with Crippen LogP contribution in [0.25, 0.3) is 11.1 Å². The molecule has 1 heterocycles. The van der Waals surface area contributed by atoms with Crippen molar-refractivity contribution in [1.29, 1.82) is 0 Å². The number of halogens is 2. The van der Waals surface area contributed by atoms with E-state index in [1.807, 2.05) is 5.38 Å². The molecule has 0 amide bonds. The third kappa shape index (κ3) is 4.79. The van der Waals surface area contributed by atoms with E-state index in [0.717, 1.165) is 17.4 Å². The summed E-state index contributed by atoms with van der Waals surface area (Å²) in [6, 6.07) is 18.1. The number of aromatic nitrogens is 1. The summed E-state index contributed by atoms with van der Waals surface area (Å²) in [5, 5.41) is 2.24. The van der Waals surface area contributed by atoms with E-state index < -0.39 is 15.9 Å². The number of hydrogen-bond acceptors (Lipinski definition) is 5. The minimum atomic E-state index is -3.27. The molecule has 1 atom stereocenters. The van der Waals surface area contributed by atoms with Crippen LogP contribution in [0.4, 0.5) is 4.39 Å². The van der Waals surface area contributed by atoms with Crippen LogP contribution in [0, 0.1) is 5.82 Å². The number of nitrogens with zero attached hydrogens (tertiary/aromatic N) is 1. The second kappa shape index (κ2) is 8.78. The molecule has 0 saturated heterocycles. The molecule has 3 aromatic carbocycles. The van der Waals surface area contributed by atoms with Crippen LogP contribution in [0.5, 0.6) is 5.75 Å². The summed E-state index contributed by atoms with van der Waals surface area (Å²) < 4.78 is 43.9. The summed E-state index contributed by atoms with van der Waals surface area (Å²) in [5.74, 6) is 0.0805. The third-order valence-electron chi connectivity index (χ3n) is 4.70. The maximum atomic E-state index is 14.4. The summed E-state index contributed by atoms with van der Waals surface area (Å²) in [7, 11) is -3.27. The second-order valence-electron chi connectivity index (χ2n) is 6.87. The van der Waals surface area contributed by atoms with Crippen molar-refractivity contribution in [2.75, 3.05) is 6.26 Å². The standard InChI is InChI=1S/C23H17ClFNO3S2/c1-31(27,28)17-9-6-15(7-10-17)18-11-8-16(12-20(18)24)29-23(22-13-30-14-26-22)19-4-2-3-5-21(19)25/h2-14,23H,1H3. The normalized spacial score (nSPS) is 12.5. The van der Waals surface area contributed by atoms with Gasteiger partial charge < -0.3 is 4.74 Å². The maximum Gasteiger partial charge on any atom is 0.175 e. The molecule has 31 heavy (non-hydrogen) atoms. The number of hydrogen-bond donors (Lipinski definition) is 0. The fraction of sp³-hybridized carbons (Fsp3) is 0.0870. The maximum absolute atomic E-state index is 14.4. The van der Waals surface area contributed by atoms with Gasteiger partial charge in [-0.3, -0.25) is 0 Å². The summed E-state index contributed by atoms with van der Waals surface area (Å²) >= 11 is 7.90. The summed E-state index contributed by atoms with van der Waals surface area (Å²) in [6.45, 7) is 0. The van der Waals surface area contributed by atoms with Crippen LogP contribution >= 0.6 is 22.9 Å². The van der Waals surface area contributed by atoms with Crippen molar-refractivity contribution in [3.63, 3.8) is 0 Å². The highest BCUT2D eigenvalue weighted by molar-refractivity contribution is 7.90. The van der Waals surface area contributed by atoms with E-state index in [1.54, 1.807) is 66.2 Å². The van der Waals surface area contributed by atoms with Crippen LogP contribution in [0.15, 0.2) is 82.5 Å². The first-order valence-corrected chi connectivity index (χ1v) is 12.4. The molecule has 0 N–H and O–H groups in total. The third-order valence-corrected chi connectivity index (χ3v) is 6.74. The van der Waals surface area contributed by atoms with E-state index in [4.69, 9.17) is 16.3 Å². The Labute approximate surface area is 188 Å². The van der Waals surface area contributed by atoms with Gasteiger partial charge in [-0.2, -0.15) is 0 Å². The molecule has 0 radical (unpaired) electrons. The smallest absolute Gasteiger partial charge is 0.175 e. The minimum Gasteiger partial charge on any atom is -0.479 e. The number of sulfone groups is 1. The Balaban J connectivity index is 1.65. The van der Waals surface area contributed by atoms with Gasteiger partial charge >= 0.3 is 0 Å². The van der Waals surface area contributed by atoms with Crippen LogP contribution in [-0.4, -0.2) is 19.7 Å². The monoisotopic (exact) mass is 473 g/mol. The van der Waals surface area contributed by atoms with E-state index in [0.29, 0.717) is 22.0 Å². The first-order chi connectivity index (χ1) is 14.8. The van der Waals surface area contributed by atoms with Crippen molar-refractivity contribution in [3.05, 3.63) is 99.7 Å². The first-order valence-electron chi connectivity index (χ1n) is 9.22.